The number of hydrogen-bond donors (Lipinski definition) is 1. The Labute approximate surface area is 95.6 Å². The minimum Gasteiger partial charge on any atom is -0.385 e. The number of anilines is 1. The maximum absolute atomic E-state index is 5.18. The van der Waals surface area contributed by atoms with Crippen molar-refractivity contribution in [1.29, 1.82) is 0 Å². The fourth-order valence-electron chi connectivity index (χ4n) is 2.17. The maximum atomic E-state index is 5.18. The molecular weight excluding hydrogens is 206 g/mol. The van der Waals surface area contributed by atoms with E-state index in [1.807, 2.05) is 0 Å². The molecule has 0 amide bonds. The molecule has 1 heterocycles. The SMILES string of the molecule is COCCC1(CNc2ccsc2)CCC1. The van der Waals surface area contributed by atoms with Gasteiger partial charge in [-0.3, -0.25) is 0 Å². The average Bonchev–Trinajstić information content (AvgIpc) is 2.68. The van der Waals surface area contributed by atoms with Crippen LogP contribution in [0.25, 0.3) is 0 Å². The lowest BCUT2D eigenvalue weighted by Gasteiger charge is -2.42. The first-order valence-corrected chi connectivity index (χ1v) is 6.54. The molecule has 1 aliphatic rings. The van der Waals surface area contributed by atoms with E-state index in [1.165, 1.54) is 31.4 Å². The summed E-state index contributed by atoms with van der Waals surface area (Å²) < 4.78 is 5.18. The molecule has 15 heavy (non-hydrogen) atoms. The van der Waals surface area contributed by atoms with Crippen LogP contribution in [0, 0.1) is 5.41 Å². The molecule has 0 unspecified atom stereocenters. The normalized spacial score (nSPS) is 18.5. The topological polar surface area (TPSA) is 21.3 Å². The van der Waals surface area contributed by atoms with Gasteiger partial charge in [-0.1, -0.05) is 6.42 Å². The molecule has 1 saturated carbocycles. The van der Waals surface area contributed by atoms with E-state index in [0.717, 1.165) is 13.2 Å². The third-order valence-electron chi connectivity index (χ3n) is 3.44. The van der Waals surface area contributed by atoms with Gasteiger partial charge in [-0.05, 0) is 36.1 Å². The summed E-state index contributed by atoms with van der Waals surface area (Å²) in [6.07, 6.45) is 5.29. The Kier molecular flexibility index (Phi) is 3.65. The number of rotatable bonds is 6. The summed E-state index contributed by atoms with van der Waals surface area (Å²) in [7, 11) is 1.79. The van der Waals surface area contributed by atoms with Crippen molar-refractivity contribution >= 4 is 17.0 Å². The average molecular weight is 225 g/mol. The predicted octanol–water partition coefficient (Wildman–Crippen LogP) is 3.37. The van der Waals surface area contributed by atoms with Crippen LogP contribution in [-0.4, -0.2) is 20.3 Å². The lowest BCUT2D eigenvalue weighted by atomic mass is 9.67. The van der Waals surface area contributed by atoms with Gasteiger partial charge in [-0.15, -0.1) is 0 Å². The number of ether oxygens (including phenoxy) is 1. The van der Waals surface area contributed by atoms with Gasteiger partial charge in [0, 0.05) is 31.3 Å². The van der Waals surface area contributed by atoms with Crippen molar-refractivity contribution in [2.75, 3.05) is 25.6 Å². The molecule has 0 atom stereocenters. The Balaban J connectivity index is 1.80. The standard InChI is InChI=1S/C12H19NOS/c1-14-7-6-12(4-2-5-12)10-13-11-3-8-15-9-11/h3,8-9,13H,2,4-7,10H2,1H3. The van der Waals surface area contributed by atoms with Gasteiger partial charge in [0.2, 0.25) is 0 Å². The largest absolute Gasteiger partial charge is 0.385 e. The maximum Gasteiger partial charge on any atom is 0.0468 e. The van der Waals surface area contributed by atoms with Crippen molar-refractivity contribution in [2.45, 2.75) is 25.7 Å². The van der Waals surface area contributed by atoms with Gasteiger partial charge in [0.05, 0.1) is 0 Å². The monoisotopic (exact) mass is 225 g/mol. The van der Waals surface area contributed by atoms with E-state index in [4.69, 9.17) is 4.74 Å². The summed E-state index contributed by atoms with van der Waals surface area (Å²) in [6.45, 7) is 2.00. The molecule has 1 fully saturated rings. The van der Waals surface area contributed by atoms with Crippen LogP contribution in [0.5, 0.6) is 0 Å². The highest BCUT2D eigenvalue weighted by molar-refractivity contribution is 7.08. The van der Waals surface area contributed by atoms with Crippen LogP contribution >= 0.6 is 11.3 Å². The van der Waals surface area contributed by atoms with E-state index in [1.54, 1.807) is 18.4 Å². The number of hydrogen-bond acceptors (Lipinski definition) is 3. The molecule has 0 bridgehead atoms. The van der Waals surface area contributed by atoms with Crippen molar-refractivity contribution in [3.63, 3.8) is 0 Å². The zero-order valence-corrected chi connectivity index (χ0v) is 10.1. The van der Waals surface area contributed by atoms with Gasteiger partial charge in [0.15, 0.2) is 0 Å². The van der Waals surface area contributed by atoms with Crippen molar-refractivity contribution in [2.24, 2.45) is 5.41 Å². The molecule has 0 aliphatic heterocycles. The second-order valence-corrected chi connectivity index (χ2v) is 5.24. The Hall–Kier alpha value is -0.540. The van der Waals surface area contributed by atoms with Crippen LogP contribution in [0.15, 0.2) is 16.8 Å². The molecule has 2 rings (SSSR count). The number of methoxy groups -OCH3 is 1. The first kappa shape index (κ1) is 11.0. The van der Waals surface area contributed by atoms with E-state index in [2.05, 4.69) is 22.1 Å². The molecule has 0 spiro atoms. The summed E-state index contributed by atoms with van der Waals surface area (Å²) in [5.74, 6) is 0. The Morgan fingerprint density at radius 1 is 1.53 bits per heavy atom. The Morgan fingerprint density at radius 3 is 2.93 bits per heavy atom. The second kappa shape index (κ2) is 4.99. The second-order valence-electron chi connectivity index (χ2n) is 4.46. The molecule has 0 aromatic carbocycles. The summed E-state index contributed by atoms with van der Waals surface area (Å²) >= 11 is 1.75. The zero-order valence-electron chi connectivity index (χ0n) is 9.29. The minimum atomic E-state index is 0.512. The quantitative estimate of drug-likeness (QED) is 0.801. The van der Waals surface area contributed by atoms with Crippen LogP contribution < -0.4 is 5.32 Å². The van der Waals surface area contributed by atoms with Crippen LogP contribution in [0.2, 0.25) is 0 Å². The van der Waals surface area contributed by atoms with Crippen molar-refractivity contribution < 1.29 is 4.74 Å². The summed E-state index contributed by atoms with van der Waals surface area (Å²) in [4.78, 5) is 0. The van der Waals surface area contributed by atoms with Gasteiger partial charge in [0.1, 0.15) is 0 Å². The minimum absolute atomic E-state index is 0.512. The van der Waals surface area contributed by atoms with E-state index in [9.17, 15) is 0 Å². The fraction of sp³-hybridized carbons (Fsp3) is 0.667. The van der Waals surface area contributed by atoms with Gasteiger partial charge in [-0.2, -0.15) is 11.3 Å². The summed E-state index contributed by atoms with van der Waals surface area (Å²) in [6, 6.07) is 2.15. The van der Waals surface area contributed by atoms with Crippen molar-refractivity contribution in [3.8, 4) is 0 Å². The lowest BCUT2D eigenvalue weighted by Crippen LogP contribution is -2.37. The molecule has 1 aromatic rings. The van der Waals surface area contributed by atoms with E-state index in [-0.39, 0.29) is 0 Å². The molecule has 2 nitrogen and oxygen atoms in total. The molecule has 3 heteroatoms. The predicted molar refractivity (Wildman–Crippen MR) is 65.6 cm³/mol. The van der Waals surface area contributed by atoms with E-state index >= 15 is 0 Å². The molecular formula is C12H19NOS. The molecule has 0 radical (unpaired) electrons. The summed E-state index contributed by atoms with van der Waals surface area (Å²) in [5.41, 5.74) is 1.78. The number of nitrogens with one attached hydrogen (secondary N) is 1. The first-order chi connectivity index (χ1) is 7.35. The Morgan fingerprint density at radius 2 is 2.40 bits per heavy atom. The van der Waals surface area contributed by atoms with Crippen molar-refractivity contribution in [1.82, 2.24) is 0 Å². The number of thiophene rings is 1. The van der Waals surface area contributed by atoms with Gasteiger partial charge >= 0.3 is 0 Å². The fourth-order valence-corrected chi connectivity index (χ4v) is 2.78. The Bertz CT molecular complexity index is 280. The van der Waals surface area contributed by atoms with Crippen LogP contribution in [-0.2, 0) is 4.74 Å². The first-order valence-electron chi connectivity index (χ1n) is 5.60. The molecule has 1 aliphatic carbocycles. The van der Waals surface area contributed by atoms with Gasteiger partial charge < -0.3 is 10.1 Å². The molecule has 84 valence electrons. The third-order valence-corrected chi connectivity index (χ3v) is 4.12. The smallest absolute Gasteiger partial charge is 0.0468 e. The van der Waals surface area contributed by atoms with E-state index in [0.29, 0.717) is 5.41 Å². The highest BCUT2D eigenvalue weighted by Gasteiger charge is 2.36. The van der Waals surface area contributed by atoms with Gasteiger partial charge in [0.25, 0.3) is 0 Å². The highest BCUT2D eigenvalue weighted by atomic mass is 32.1. The zero-order chi connectivity index (χ0) is 10.6. The van der Waals surface area contributed by atoms with Crippen LogP contribution in [0.3, 0.4) is 0 Å². The lowest BCUT2D eigenvalue weighted by molar-refractivity contribution is 0.0813. The summed E-state index contributed by atoms with van der Waals surface area (Å²) in [5, 5.41) is 7.82. The van der Waals surface area contributed by atoms with E-state index < -0.39 is 0 Å². The molecule has 1 aromatic heterocycles. The van der Waals surface area contributed by atoms with Crippen LogP contribution in [0.1, 0.15) is 25.7 Å². The third kappa shape index (κ3) is 2.73. The van der Waals surface area contributed by atoms with Crippen LogP contribution in [0.4, 0.5) is 5.69 Å². The molecule has 1 N–H and O–H groups in total. The highest BCUT2D eigenvalue weighted by Crippen LogP contribution is 2.44. The molecule has 0 saturated heterocycles. The van der Waals surface area contributed by atoms with Crippen molar-refractivity contribution in [3.05, 3.63) is 16.8 Å². The van der Waals surface area contributed by atoms with Gasteiger partial charge in [-0.25, -0.2) is 0 Å².